The molecule has 0 bridgehead atoms. The smallest absolute Gasteiger partial charge is 0.0897 e. The highest BCUT2D eigenvalue weighted by Crippen LogP contribution is 2.12. The van der Waals surface area contributed by atoms with E-state index in [0.717, 1.165) is 31.1 Å². The van der Waals surface area contributed by atoms with Gasteiger partial charge in [-0.05, 0) is 45.1 Å². The van der Waals surface area contributed by atoms with Crippen molar-refractivity contribution < 1.29 is 0 Å². The Morgan fingerprint density at radius 2 is 1.85 bits per heavy atom. The van der Waals surface area contributed by atoms with Gasteiger partial charge in [-0.25, -0.2) is 4.98 Å². The first-order valence-electron chi connectivity index (χ1n) is 6.99. The molecule has 1 N–H and O–H groups in total. The number of thiazole rings is 1. The number of likely N-dealkylation sites (N-methyl/N-ethyl adjacent to an activating group) is 1. The minimum atomic E-state index is 0.909. The molecule has 2 rings (SSSR count). The molecule has 0 aliphatic rings. The third-order valence-electron chi connectivity index (χ3n) is 3.24. The fraction of sp³-hybridized carbons (Fsp3) is 0.438. The maximum Gasteiger partial charge on any atom is 0.0897 e. The fourth-order valence-electron chi connectivity index (χ4n) is 2.21. The van der Waals surface area contributed by atoms with Crippen LogP contribution in [0.25, 0.3) is 0 Å². The molecule has 1 aromatic carbocycles. The van der Waals surface area contributed by atoms with Crippen LogP contribution in [0.1, 0.15) is 21.8 Å². The molecule has 0 saturated heterocycles. The van der Waals surface area contributed by atoms with Crippen molar-refractivity contribution in [3.63, 3.8) is 0 Å². The highest BCUT2D eigenvalue weighted by atomic mass is 32.1. The number of nitrogens with zero attached hydrogens (tertiary/aromatic N) is 2. The zero-order valence-corrected chi connectivity index (χ0v) is 13.3. The van der Waals surface area contributed by atoms with Gasteiger partial charge in [0.05, 0.1) is 10.7 Å². The lowest BCUT2D eigenvalue weighted by molar-refractivity contribution is 0.315. The van der Waals surface area contributed by atoms with Crippen molar-refractivity contribution in [1.82, 2.24) is 15.2 Å². The maximum atomic E-state index is 4.51. The average molecular weight is 289 g/mol. The van der Waals surface area contributed by atoms with Crippen LogP contribution in [0.15, 0.2) is 29.6 Å². The number of hydrogen-bond acceptors (Lipinski definition) is 4. The molecular formula is C16H23N3S. The van der Waals surface area contributed by atoms with Crippen molar-refractivity contribution >= 4 is 11.3 Å². The van der Waals surface area contributed by atoms with Gasteiger partial charge < -0.3 is 5.32 Å². The van der Waals surface area contributed by atoms with Gasteiger partial charge in [0.2, 0.25) is 0 Å². The topological polar surface area (TPSA) is 28.2 Å². The summed E-state index contributed by atoms with van der Waals surface area (Å²) in [5.41, 5.74) is 3.91. The molecule has 0 atom stereocenters. The predicted octanol–water partition coefficient (Wildman–Crippen LogP) is 2.85. The second-order valence-electron chi connectivity index (χ2n) is 5.20. The van der Waals surface area contributed by atoms with Gasteiger partial charge in [-0.1, -0.05) is 24.3 Å². The van der Waals surface area contributed by atoms with Crippen LogP contribution in [0.2, 0.25) is 0 Å². The summed E-state index contributed by atoms with van der Waals surface area (Å²) < 4.78 is 0. The standard InChI is InChI=1S/C16H23N3S/c1-13-18-16(12-20-13)11-19(3)10-15-6-4-14(5-7-15)8-9-17-2/h4-7,12,17H,8-11H2,1-3H3. The fourth-order valence-corrected chi connectivity index (χ4v) is 2.81. The van der Waals surface area contributed by atoms with Crippen LogP contribution in [0.4, 0.5) is 0 Å². The van der Waals surface area contributed by atoms with Gasteiger partial charge in [0.1, 0.15) is 0 Å². The summed E-state index contributed by atoms with van der Waals surface area (Å²) in [7, 11) is 4.13. The lowest BCUT2D eigenvalue weighted by atomic mass is 10.1. The largest absolute Gasteiger partial charge is 0.319 e. The normalized spacial score (nSPS) is 11.2. The molecule has 0 aliphatic carbocycles. The molecular weight excluding hydrogens is 266 g/mol. The zero-order chi connectivity index (χ0) is 14.4. The third kappa shape index (κ3) is 4.71. The number of benzene rings is 1. The van der Waals surface area contributed by atoms with Crippen molar-refractivity contribution in [2.24, 2.45) is 0 Å². The number of nitrogens with one attached hydrogen (secondary N) is 1. The molecule has 1 heterocycles. The van der Waals surface area contributed by atoms with Crippen LogP contribution in [-0.2, 0) is 19.5 Å². The second kappa shape index (κ2) is 7.53. The van der Waals surface area contributed by atoms with Crippen LogP contribution in [0.3, 0.4) is 0 Å². The molecule has 0 aliphatic heterocycles. The lowest BCUT2D eigenvalue weighted by Gasteiger charge is -2.15. The SMILES string of the molecule is CNCCc1ccc(CN(C)Cc2csc(C)n2)cc1. The Morgan fingerprint density at radius 3 is 2.45 bits per heavy atom. The zero-order valence-electron chi connectivity index (χ0n) is 12.5. The van der Waals surface area contributed by atoms with Gasteiger partial charge in [0.15, 0.2) is 0 Å². The van der Waals surface area contributed by atoms with Crippen molar-refractivity contribution in [2.75, 3.05) is 20.6 Å². The predicted molar refractivity (Wildman–Crippen MR) is 86.1 cm³/mol. The monoisotopic (exact) mass is 289 g/mol. The number of aryl methyl sites for hydroxylation is 1. The van der Waals surface area contributed by atoms with E-state index in [1.54, 1.807) is 11.3 Å². The van der Waals surface area contributed by atoms with Crippen molar-refractivity contribution in [3.05, 3.63) is 51.5 Å². The number of rotatable bonds is 7. The molecule has 0 amide bonds. The molecule has 0 spiro atoms. The van der Waals surface area contributed by atoms with Crippen molar-refractivity contribution in [1.29, 1.82) is 0 Å². The Hall–Kier alpha value is -1.23. The molecule has 108 valence electrons. The molecule has 0 unspecified atom stereocenters. The van der Waals surface area contributed by atoms with Crippen LogP contribution in [0.5, 0.6) is 0 Å². The minimum Gasteiger partial charge on any atom is -0.319 e. The molecule has 4 heteroatoms. The van der Waals surface area contributed by atoms with Crippen LogP contribution in [0, 0.1) is 6.92 Å². The van der Waals surface area contributed by atoms with E-state index in [2.05, 4.69) is 58.8 Å². The van der Waals surface area contributed by atoms with Crippen LogP contribution in [-0.4, -0.2) is 30.5 Å². The number of aromatic nitrogens is 1. The van der Waals surface area contributed by atoms with Crippen molar-refractivity contribution in [2.45, 2.75) is 26.4 Å². The van der Waals surface area contributed by atoms with Crippen LogP contribution >= 0.6 is 11.3 Å². The molecule has 0 saturated carbocycles. The van der Waals surface area contributed by atoms with Crippen molar-refractivity contribution in [3.8, 4) is 0 Å². The first-order chi connectivity index (χ1) is 9.67. The number of hydrogen-bond donors (Lipinski definition) is 1. The first kappa shape index (κ1) is 15.2. The maximum absolute atomic E-state index is 4.51. The average Bonchev–Trinajstić information content (AvgIpc) is 2.83. The summed E-state index contributed by atoms with van der Waals surface area (Å²) >= 11 is 1.72. The first-order valence-corrected chi connectivity index (χ1v) is 7.87. The Morgan fingerprint density at radius 1 is 1.15 bits per heavy atom. The van der Waals surface area contributed by atoms with E-state index in [0.29, 0.717) is 0 Å². The van der Waals surface area contributed by atoms with E-state index in [4.69, 9.17) is 0 Å². The molecule has 3 nitrogen and oxygen atoms in total. The summed E-state index contributed by atoms with van der Waals surface area (Å²) in [6.07, 6.45) is 1.09. The van der Waals surface area contributed by atoms with Gasteiger partial charge in [0, 0.05) is 18.5 Å². The summed E-state index contributed by atoms with van der Waals surface area (Å²) in [6.45, 7) is 4.95. The summed E-state index contributed by atoms with van der Waals surface area (Å²) in [4.78, 5) is 6.81. The Kier molecular flexibility index (Phi) is 5.71. The molecule has 0 radical (unpaired) electrons. The summed E-state index contributed by atoms with van der Waals surface area (Å²) in [5, 5.41) is 6.46. The molecule has 2 aromatic rings. The van der Waals surface area contributed by atoms with Gasteiger partial charge in [-0.3, -0.25) is 4.90 Å². The van der Waals surface area contributed by atoms with E-state index in [-0.39, 0.29) is 0 Å². The lowest BCUT2D eigenvalue weighted by Crippen LogP contribution is -2.17. The second-order valence-corrected chi connectivity index (χ2v) is 6.26. The quantitative estimate of drug-likeness (QED) is 0.849. The van der Waals surface area contributed by atoms with E-state index >= 15 is 0 Å². The molecule has 1 aromatic heterocycles. The Labute approximate surface area is 125 Å². The van der Waals surface area contributed by atoms with Gasteiger partial charge in [-0.15, -0.1) is 11.3 Å². The van der Waals surface area contributed by atoms with E-state index < -0.39 is 0 Å². The van der Waals surface area contributed by atoms with E-state index in [1.165, 1.54) is 16.8 Å². The highest BCUT2D eigenvalue weighted by Gasteiger charge is 2.04. The van der Waals surface area contributed by atoms with Gasteiger partial charge in [0.25, 0.3) is 0 Å². The summed E-state index contributed by atoms with van der Waals surface area (Å²) in [6, 6.07) is 8.92. The van der Waals surface area contributed by atoms with Gasteiger partial charge in [-0.2, -0.15) is 0 Å². The van der Waals surface area contributed by atoms with Crippen LogP contribution < -0.4 is 5.32 Å². The highest BCUT2D eigenvalue weighted by molar-refractivity contribution is 7.09. The minimum absolute atomic E-state index is 0.909. The van der Waals surface area contributed by atoms with Gasteiger partial charge >= 0.3 is 0 Å². The molecule has 0 fully saturated rings. The third-order valence-corrected chi connectivity index (χ3v) is 4.06. The Bertz CT molecular complexity index is 519. The van der Waals surface area contributed by atoms with E-state index in [1.807, 2.05) is 7.05 Å². The van der Waals surface area contributed by atoms with E-state index in [9.17, 15) is 0 Å². The summed E-state index contributed by atoms with van der Waals surface area (Å²) in [5.74, 6) is 0. The molecule has 20 heavy (non-hydrogen) atoms. The Balaban J connectivity index is 1.85.